The Hall–Kier alpha value is -2.42. The maximum Gasteiger partial charge on any atom is 0.337 e. The molecule has 4 rings (SSSR count). The SMILES string of the molecule is C[C@@](O)(CNC1CC1)[C@H](F)Cc1c(C(=O)O)cnc2sc(-c3ccccc3)nc12. The molecule has 2 atom stereocenters. The fourth-order valence-corrected chi connectivity index (χ4v) is 4.11. The van der Waals surface area contributed by atoms with E-state index in [1.807, 2.05) is 30.3 Å². The Morgan fingerprint density at radius 1 is 1.38 bits per heavy atom. The fourth-order valence-electron chi connectivity index (χ4n) is 3.17. The second-order valence-corrected chi connectivity index (χ2v) is 8.66. The van der Waals surface area contributed by atoms with E-state index in [0.29, 0.717) is 21.4 Å². The molecule has 2 aromatic heterocycles. The minimum absolute atomic E-state index is 0.0870. The number of hydrogen-bond acceptors (Lipinski definition) is 6. The topological polar surface area (TPSA) is 95.3 Å². The maximum atomic E-state index is 15.1. The highest BCUT2D eigenvalue weighted by Crippen LogP contribution is 2.33. The van der Waals surface area contributed by atoms with Gasteiger partial charge in [0.05, 0.1) is 5.56 Å². The number of rotatable bonds is 8. The Kier molecular flexibility index (Phi) is 5.33. The number of halogens is 1. The van der Waals surface area contributed by atoms with Crippen LogP contribution in [0.5, 0.6) is 0 Å². The molecule has 0 aliphatic heterocycles. The summed E-state index contributed by atoms with van der Waals surface area (Å²) in [5.74, 6) is -1.19. The number of carboxylic acids is 1. The van der Waals surface area contributed by atoms with Crippen LogP contribution in [0.1, 0.15) is 35.7 Å². The van der Waals surface area contributed by atoms with Crippen LogP contribution in [-0.2, 0) is 6.42 Å². The number of carbonyl (C=O) groups is 1. The molecule has 1 saturated carbocycles. The molecule has 0 unspecified atom stereocenters. The van der Waals surface area contributed by atoms with Crippen molar-refractivity contribution in [2.45, 2.75) is 44.0 Å². The van der Waals surface area contributed by atoms with Crippen molar-refractivity contribution >= 4 is 27.7 Å². The number of nitrogens with zero attached hydrogens (tertiary/aromatic N) is 2. The number of alkyl halides is 1. The third kappa shape index (κ3) is 4.29. The van der Waals surface area contributed by atoms with E-state index >= 15 is 4.39 Å². The number of nitrogens with one attached hydrogen (secondary N) is 1. The van der Waals surface area contributed by atoms with Gasteiger partial charge in [-0.1, -0.05) is 41.7 Å². The number of aromatic nitrogens is 2. The van der Waals surface area contributed by atoms with E-state index in [9.17, 15) is 15.0 Å². The van der Waals surface area contributed by atoms with Gasteiger partial charge in [0.2, 0.25) is 0 Å². The molecule has 2 heterocycles. The summed E-state index contributed by atoms with van der Waals surface area (Å²) >= 11 is 1.33. The molecular weight excluding hydrogens is 393 g/mol. The summed E-state index contributed by atoms with van der Waals surface area (Å²) in [6.45, 7) is 1.55. The predicted molar refractivity (Wildman–Crippen MR) is 110 cm³/mol. The van der Waals surface area contributed by atoms with Crippen LogP contribution < -0.4 is 5.32 Å². The van der Waals surface area contributed by atoms with Crippen LogP contribution in [0.4, 0.5) is 4.39 Å². The number of carboxylic acid groups (broad SMARTS) is 1. The minimum Gasteiger partial charge on any atom is -0.478 e. The molecule has 8 heteroatoms. The first kappa shape index (κ1) is 19.9. The van der Waals surface area contributed by atoms with Gasteiger partial charge in [-0.25, -0.2) is 19.2 Å². The summed E-state index contributed by atoms with van der Waals surface area (Å²) in [6.07, 6.45) is 1.40. The third-order valence-corrected chi connectivity index (χ3v) is 6.18. The van der Waals surface area contributed by atoms with Crippen LogP contribution >= 0.6 is 11.3 Å². The molecule has 0 bridgehead atoms. The van der Waals surface area contributed by atoms with E-state index in [1.54, 1.807) is 0 Å². The van der Waals surface area contributed by atoms with Gasteiger partial charge >= 0.3 is 5.97 Å². The molecule has 0 radical (unpaired) electrons. The van der Waals surface area contributed by atoms with Gasteiger partial charge in [-0.2, -0.15) is 0 Å². The van der Waals surface area contributed by atoms with Gasteiger partial charge in [-0.15, -0.1) is 0 Å². The van der Waals surface area contributed by atoms with Crippen molar-refractivity contribution in [1.82, 2.24) is 15.3 Å². The zero-order chi connectivity index (χ0) is 20.6. The molecule has 1 aliphatic rings. The van der Waals surface area contributed by atoms with Gasteiger partial charge in [0.15, 0.2) is 0 Å². The maximum absolute atomic E-state index is 15.1. The second kappa shape index (κ2) is 7.78. The van der Waals surface area contributed by atoms with Crippen LogP contribution in [0.25, 0.3) is 20.9 Å². The number of thiazole rings is 1. The largest absolute Gasteiger partial charge is 0.478 e. The van der Waals surface area contributed by atoms with E-state index in [-0.39, 0.29) is 24.1 Å². The summed E-state index contributed by atoms with van der Waals surface area (Å²) in [5, 5.41) is 24.0. The summed E-state index contributed by atoms with van der Waals surface area (Å²) in [4.78, 5) is 21.1. The highest BCUT2D eigenvalue weighted by molar-refractivity contribution is 7.21. The number of aromatic carboxylic acids is 1. The first-order valence-electron chi connectivity index (χ1n) is 9.52. The van der Waals surface area contributed by atoms with Crippen molar-refractivity contribution in [1.29, 1.82) is 0 Å². The molecular formula is C21H22FN3O3S. The molecule has 1 aromatic carbocycles. The third-order valence-electron chi connectivity index (χ3n) is 5.17. The number of pyridine rings is 1. The van der Waals surface area contributed by atoms with Crippen molar-refractivity contribution in [3.8, 4) is 10.6 Å². The summed E-state index contributed by atoms with van der Waals surface area (Å²) in [6, 6.07) is 9.82. The Morgan fingerprint density at radius 3 is 2.76 bits per heavy atom. The molecule has 6 nitrogen and oxygen atoms in total. The van der Waals surface area contributed by atoms with Gasteiger partial charge in [-0.3, -0.25) is 0 Å². The van der Waals surface area contributed by atoms with E-state index < -0.39 is 17.7 Å². The lowest BCUT2D eigenvalue weighted by atomic mass is 9.92. The quantitative estimate of drug-likeness (QED) is 0.522. The Morgan fingerprint density at radius 2 is 2.10 bits per heavy atom. The highest BCUT2D eigenvalue weighted by atomic mass is 32.1. The van der Waals surface area contributed by atoms with Gasteiger partial charge in [0.25, 0.3) is 0 Å². The Balaban J connectivity index is 1.69. The lowest BCUT2D eigenvalue weighted by Crippen LogP contribution is -2.47. The van der Waals surface area contributed by atoms with Crippen LogP contribution in [0.2, 0.25) is 0 Å². The molecule has 3 N–H and O–H groups in total. The predicted octanol–water partition coefficient (Wildman–Crippen LogP) is 3.44. The fraction of sp³-hybridized carbons (Fsp3) is 0.381. The lowest BCUT2D eigenvalue weighted by molar-refractivity contribution is -0.0181. The van der Waals surface area contributed by atoms with Crippen molar-refractivity contribution in [2.75, 3.05) is 6.54 Å². The van der Waals surface area contributed by atoms with Gasteiger partial charge in [-0.05, 0) is 25.3 Å². The summed E-state index contributed by atoms with van der Waals surface area (Å²) in [5.41, 5.74) is -0.180. The first-order valence-corrected chi connectivity index (χ1v) is 10.3. The molecule has 29 heavy (non-hydrogen) atoms. The highest BCUT2D eigenvalue weighted by Gasteiger charge is 2.36. The first-order chi connectivity index (χ1) is 13.8. The van der Waals surface area contributed by atoms with E-state index in [0.717, 1.165) is 18.4 Å². The van der Waals surface area contributed by atoms with Crippen molar-refractivity contribution < 1.29 is 19.4 Å². The Bertz CT molecular complexity index is 1030. The second-order valence-electron chi connectivity index (χ2n) is 7.68. The standard InChI is InChI=1S/C21H22FN3O3S/c1-21(28,11-24-13-7-8-13)16(22)9-14-15(20(26)27)10-23-19-17(14)25-18(29-19)12-5-3-2-4-6-12/h2-6,10,13,16,24,28H,7-9,11H2,1H3,(H,26,27)/t16-,21-/m1/s1. The number of fused-ring (bicyclic) bond motifs is 1. The monoisotopic (exact) mass is 415 g/mol. The molecule has 1 fully saturated rings. The average Bonchev–Trinajstić information content (AvgIpc) is 3.43. The lowest BCUT2D eigenvalue weighted by Gasteiger charge is -2.28. The van der Waals surface area contributed by atoms with Crippen LogP contribution in [0, 0.1) is 0 Å². The zero-order valence-corrected chi connectivity index (χ0v) is 16.7. The molecule has 152 valence electrons. The number of hydrogen-bond donors (Lipinski definition) is 3. The van der Waals surface area contributed by atoms with Gasteiger partial charge < -0.3 is 15.5 Å². The molecule has 1 aliphatic carbocycles. The van der Waals surface area contributed by atoms with E-state index in [1.165, 1.54) is 24.5 Å². The van der Waals surface area contributed by atoms with Crippen molar-refractivity contribution in [3.05, 3.63) is 47.7 Å². The Labute approximate surface area is 171 Å². The van der Waals surface area contributed by atoms with Crippen LogP contribution in [0.15, 0.2) is 36.5 Å². The number of benzene rings is 1. The average molecular weight is 415 g/mol. The molecule has 0 saturated heterocycles. The molecule has 0 amide bonds. The molecule has 3 aromatic rings. The van der Waals surface area contributed by atoms with E-state index in [2.05, 4.69) is 15.3 Å². The van der Waals surface area contributed by atoms with E-state index in [4.69, 9.17) is 0 Å². The summed E-state index contributed by atoms with van der Waals surface area (Å²) in [7, 11) is 0. The van der Waals surface area contributed by atoms with Crippen molar-refractivity contribution in [2.24, 2.45) is 0 Å². The summed E-state index contributed by atoms with van der Waals surface area (Å²) < 4.78 is 15.1. The smallest absolute Gasteiger partial charge is 0.337 e. The zero-order valence-electron chi connectivity index (χ0n) is 15.9. The van der Waals surface area contributed by atoms with Crippen LogP contribution in [-0.4, -0.2) is 50.5 Å². The van der Waals surface area contributed by atoms with Crippen molar-refractivity contribution in [3.63, 3.8) is 0 Å². The minimum atomic E-state index is -1.65. The van der Waals surface area contributed by atoms with Crippen LogP contribution in [0.3, 0.4) is 0 Å². The molecule has 0 spiro atoms. The van der Waals surface area contributed by atoms with Gasteiger partial charge in [0, 0.05) is 30.8 Å². The number of aliphatic hydroxyl groups is 1. The normalized spacial score (nSPS) is 17.2. The van der Waals surface area contributed by atoms with Gasteiger partial charge in [0.1, 0.15) is 27.1 Å².